The van der Waals surface area contributed by atoms with Gasteiger partial charge in [-0.15, -0.1) is 0 Å². The van der Waals surface area contributed by atoms with Gasteiger partial charge < -0.3 is 20.9 Å². The summed E-state index contributed by atoms with van der Waals surface area (Å²) in [5.74, 6) is 0.796. The number of hydrogen-bond acceptors (Lipinski definition) is 3. The van der Waals surface area contributed by atoms with Gasteiger partial charge in [0.05, 0.1) is 13.1 Å². The number of nitrogens with zero attached hydrogens (tertiary/aromatic N) is 2. The molecule has 0 radical (unpaired) electrons. The van der Waals surface area contributed by atoms with Crippen molar-refractivity contribution < 1.29 is 4.79 Å². The largest absolute Gasteiger partial charge is 0.357 e. The van der Waals surface area contributed by atoms with Crippen LogP contribution in [0.2, 0.25) is 0 Å². The van der Waals surface area contributed by atoms with Gasteiger partial charge in [0.15, 0.2) is 5.96 Å². The molecule has 1 aromatic rings. The zero-order valence-electron chi connectivity index (χ0n) is 14.6. The van der Waals surface area contributed by atoms with Crippen molar-refractivity contribution in [3.05, 3.63) is 29.8 Å². The van der Waals surface area contributed by atoms with Crippen LogP contribution in [0.15, 0.2) is 29.3 Å². The quantitative estimate of drug-likeness (QED) is 0.503. The summed E-state index contributed by atoms with van der Waals surface area (Å²) in [5, 5.41) is 9.39. The summed E-state index contributed by atoms with van der Waals surface area (Å²) >= 11 is 0. The highest BCUT2D eigenvalue weighted by Gasteiger charge is 2.04. The van der Waals surface area contributed by atoms with Crippen molar-refractivity contribution in [2.24, 2.45) is 4.99 Å². The molecule has 6 heteroatoms. The number of anilines is 1. The maximum absolute atomic E-state index is 11.8. The van der Waals surface area contributed by atoms with Gasteiger partial charge in [0, 0.05) is 18.8 Å². The summed E-state index contributed by atoms with van der Waals surface area (Å²) in [4.78, 5) is 18.2. The molecule has 3 N–H and O–H groups in total. The van der Waals surface area contributed by atoms with Crippen LogP contribution in [0.1, 0.15) is 25.8 Å². The number of carbonyl (C=O) groups is 1. The molecule has 0 saturated heterocycles. The van der Waals surface area contributed by atoms with Crippen molar-refractivity contribution in [2.45, 2.75) is 26.8 Å². The monoisotopic (exact) mass is 319 g/mol. The Morgan fingerprint density at radius 2 is 2.00 bits per heavy atom. The summed E-state index contributed by atoms with van der Waals surface area (Å²) in [7, 11) is 3.74. The first kappa shape index (κ1) is 19.0. The van der Waals surface area contributed by atoms with Gasteiger partial charge >= 0.3 is 0 Å². The van der Waals surface area contributed by atoms with E-state index in [4.69, 9.17) is 0 Å². The van der Waals surface area contributed by atoms with Crippen LogP contribution in [-0.4, -0.2) is 50.5 Å². The van der Waals surface area contributed by atoms with E-state index in [0.29, 0.717) is 13.1 Å². The minimum Gasteiger partial charge on any atom is -0.357 e. The van der Waals surface area contributed by atoms with E-state index >= 15 is 0 Å². The van der Waals surface area contributed by atoms with E-state index < -0.39 is 0 Å². The second-order valence-corrected chi connectivity index (χ2v) is 5.61. The van der Waals surface area contributed by atoms with Crippen molar-refractivity contribution in [2.75, 3.05) is 39.0 Å². The topological polar surface area (TPSA) is 68.8 Å². The average molecular weight is 319 g/mol. The third-order valence-electron chi connectivity index (χ3n) is 2.98. The highest BCUT2D eigenvalue weighted by atomic mass is 16.2. The second kappa shape index (κ2) is 10.6. The van der Waals surface area contributed by atoms with Gasteiger partial charge in [0.2, 0.25) is 5.91 Å². The highest BCUT2D eigenvalue weighted by molar-refractivity contribution is 5.92. The number of benzene rings is 1. The number of carbonyl (C=O) groups excluding carboxylic acids is 1. The van der Waals surface area contributed by atoms with E-state index in [1.165, 1.54) is 0 Å². The van der Waals surface area contributed by atoms with Crippen molar-refractivity contribution in [1.29, 1.82) is 0 Å². The molecule has 0 aliphatic rings. The lowest BCUT2D eigenvalue weighted by atomic mass is 10.2. The predicted octanol–water partition coefficient (Wildman–Crippen LogP) is 1.65. The standard InChI is InChI=1S/C17H29N5O/c1-5-10-19-17(18-6-2)20-12-14-8-7-9-15(11-14)21-16(23)13-22(3)4/h7-9,11H,5-6,10,12-13H2,1-4H3,(H,21,23)(H2,18,19,20). The van der Waals surface area contributed by atoms with Crippen LogP contribution in [0.25, 0.3) is 0 Å². The number of rotatable bonds is 8. The van der Waals surface area contributed by atoms with Crippen LogP contribution in [0.4, 0.5) is 5.69 Å². The summed E-state index contributed by atoms with van der Waals surface area (Å²) < 4.78 is 0. The number of hydrogen-bond donors (Lipinski definition) is 3. The van der Waals surface area contributed by atoms with Crippen LogP contribution in [0, 0.1) is 0 Å². The smallest absolute Gasteiger partial charge is 0.238 e. The Labute approximate surface area is 139 Å². The molecule has 23 heavy (non-hydrogen) atoms. The number of likely N-dealkylation sites (N-methyl/N-ethyl adjacent to an activating group) is 1. The molecule has 1 aromatic carbocycles. The van der Waals surface area contributed by atoms with Gasteiger partial charge in [-0.05, 0) is 45.1 Å². The normalized spacial score (nSPS) is 11.4. The Bertz CT molecular complexity index is 513. The van der Waals surface area contributed by atoms with Crippen molar-refractivity contribution >= 4 is 17.6 Å². The molecule has 0 aliphatic carbocycles. The van der Waals surface area contributed by atoms with Crippen LogP contribution in [0.3, 0.4) is 0 Å². The molecule has 0 saturated carbocycles. The third kappa shape index (κ3) is 8.21. The summed E-state index contributed by atoms with van der Waals surface area (Å²) in [5.41, 5.74) is 1.86. The molecular formula is C17H29N5O. The molecule has 0 spiro atoms. The van der Waals surface area contributed by atoms with Crippen LogP contribution in [-0.2, 0) is 11.3 Å². The Kier molecular flexibility index (Phi) is 8.75. The van der Waals surface area contributed by atoms with Gasteiger partial charge in [-0.25, -0.2) is 4.99 Å². The first-order valence-electron chi connectivity index (χ1n) is 8.10. The first-order valence-corrected chi connectivity index (χ1v) is 8.10. The zero-order valence-corrected chi connectivity index (χ0v) is 14.6. The number of amides is 1. The maximum Gasteiger partial charge on any atom is 0.238 e. The highest BCUT2D eigenvalue weighted by Crippen LogP contribution is 2.11. The van der Waals surface area contributed by atoms with Crippen molar-refractivity contribution in [3.63, 3.8) is 0 Å². The van der Waals surface area contributed by atoms with Gasteiger partial charge in [-0.3, -0.25) is 4.79 Å². The van der Waals surface area contributed by atoms with Gasteiger partial charge in [-0.2, -0.15) is 0 Å². The molecule has 0 bridgehead atoms. The lowest BCUT2D eigenvalue weighted by Gasteiger charge is -2.12. The molecule has 0 heterocycles. The molecular weight excluding hydrogens is 290 g/mol. The Morgan fingerprint density at radius 1 is 1.22 bits per heavy atom. The molecule has 0 unspecified atom stereocenters. The fraction of sp³-hybridized carbons (Fsp3) is 0.529. The second-order valence-electron chi connectivity index (χ2n) is 5.61. The molecule has 6 nitrogen and oxygen atoms in total. The average Bonchev–Trinajstić information content (AvgIpc) is 2.49. The fourth-order valence-electron chi connectivity index (χ4n) is 1.99. The summed E-state index contributed by atoms with van der Waals surface area (Å²) in [6.45, 7) is 6.83. The SMILES string of the molecule is CCCNC(=NCc1cccc(NC(=O)CN(C)C)c1)NCC. The number of nitrogens with one attached hydrogen (secondary N) is 3. The van der Waals surface area contributed by atoms with E-state index in [1.54, 1.807) is 0 Å². The first-order chi connectivity index (χ1) is 11.0. The molecule has 0 aromatic heterocycles. The minimum absolute atomic E-state index is 0.0198. The van der Waals surface area contributed by atoms with E-state index in [9.17, 15) is 4.79 Å². The molecule has 0 aliphatic heterocycles. The maximum atomic E-state index is 11.8. The van der Waals surface area contributed by atoms with Crippen LogP contribution in [0.5, 0.6) is 0 Å². The summed E-state index contributed by atoms with van der Waals surface area (Å²) in [6.07, 6.45) is 1.05. The zero-order chi connectivity index (χ0) is 17.1. The van der Waals surface area contributed by atoms with Gasteiger partial charge in [0.1, 0.15) is 0 Å². The number of aliphatic imine (C=N–C) groups is 1. The molecule has 1 rings (SSSR count). The molecule has 1 amide bonds. The third-order valence-corrected chi connectivity index (χ3v) is 2.98. The van der Waals surface area contributed by atoms with E-state index in [-0.39, 0.29) is 5.91 Å². The Morgan fingerprint density at radius 3 is 2.65 bits per heavy atom. The number of guanidine groups is 1. The summed E-state index contributed by atoms with van der Waals surface area (Å²) in [6, 6.07) is 7.79. The Hall–Kier alpha value is -2.08. The van der Waals surface area contributed by atoms with Crippen molar-refractivity contribution in [1.82, 2.24) is 15.5 Å². The fourth-order valence-corrected chi connectivity index (χ4v) is 1.99. The molecule has 128 valence electrons. The van der Waals surface area contributed by atoms with Gasteiger partial charge in [-0.1, -0.05) is 19.1 Å². The Balaban J connectivity index is 2.66. The minimum atomic E-state index is -0.0198. The molecule has 0 atom stereocenters. The van der Waals surface area contributed by atoms with Crippen LogP contribution < -0.4 is 16.0 Å². The lowest BCUT2D eigenvalue weighted by molar-refractivity contribution is -0.116. The predicted molar refractivity (Wildman–Crippen MR) is 96.7 cm³/mol. The molecule has 0 fully saturated rings. The van der Waals surface area contributed by atoms with E-state index in [1.807, 2.05) is 50.2 Å². The van der Waals surface area contributed by atoms with Crippen molar-refractivity contribution in [3.8, 4) is 0 Å². The lowest BCUT2D eigenvalue weighted by Crippen LogP contribution is -2.37. The van der Waals surface area contributed by atoms with Crippen LogP contribution >= 0.6 is 0 Å². The van der Waals surface area contributed by atoms with E-state index in [2.05, 4.69) is 27.9 Å². The van der Waals surface area contributed by atoms with Gasteiger partial charge in [0.25, 0.3) is 0 Å². The van der Waals surface area contributed by atoms with E-state index in [0.717, 1.165) is 36.7 Å².